The number of pyridine rings is 1. The Balaban J connectivity index is 2.20. The number of rotatable bonds is 4. The van der Waals surface area contributed by atoms with Crippen molar-refractivity contribution in [2.45, 2.75) is 20.4 Å². The van der Waals surface area contributed by atoms with E-state index in [0.717, 1.165) is 0 Å². The zero-order chi connectivity index (χ0) is 17.3. The molecular formula is C17H17N3O3S. The molecule has 0 aliphatic carbocycles. The molecule has 0 bridgehead atoms. The molecule has 1 amide bonds. The van der Waals surface area contributed by atoms with Crippen LogP contribution in [0.4, 0.5) is 5.13 Å². The molecule has 0 saturated heterocycles. The van der Waals surface area contributed by atoms with Crippen molar-refractivity contribution < 1.29 is 9.90 Å². The van der Waals surface area contributed by atoms with Crippen LogP contribution in [0.5, 0.6) is 5.75 Å². The Hall–Kier alpha value is -2.67. The Morgan fingerprint density at radius 2 is 2.12 bits per heavy atom. The molecule has 7 heteroatoms. The van der Waals surface area contributed by atoms with E-state index in [9.17, 15) is 14.7 Å². The van der Waals surface area contributed by atoms with Crippen molar-refractivity contribution in [1.82, 2.24) is 9.55 Å². The fourth-order valence-electron chi connectivity index (χ4n) is 2.59. The van der Waals surface area contributed by atoms with Crippen LogP contribution in [-0.2, 0) is 6.54 Å². The first-order valence-corrected chi connectivity index (χ1v) is 8.42. The number of carbonyl (C=O) groups is 1. The number of aromatic hydroxyl groups is 1. The molecule has 2 aromatic heterocycles. The minimum absolute atomic E-state index is 0.213. The standard InChI is InChI=1S/C17H17N3O3S/c1-10(2)9-20-12-6-4-3-5-11(12)14(21)13(16(20)23)15(22)19-17-18-7-8-24-17/h3-8,10,21H,9H2,1-2H3,(H,18,19,22). The monoisotopic (exact) mass is 343 g/mol. The number of amides is 1. The van der Waals surface area contributed by atoms with Crippen molar-refractivity contribution in [2.75, 3.05) is 5.32 Å². The highest BCUT2D eigenvalue weighted by Crippen LogP contribution is 2.27. The van der Waals surface area contributed by atoms with Gasteiger partial charge in [-0.15, -0.1) is 11.3 Å². The average Bonchev–Trinajstić information content (AvgIpc) is 3.04. The number of thiazole rings is 1. The van der Waals surface area contributed by atoms with Crippen LogP contribution < -0.4 is 10.9 Å². The number of nitrogens with zero attached hydrogens (tertiary/aromatic N) is 2. The first-order chi connectivity index (χ1) is 11.5. The van der Waals surface area contributed by atoms with Crippen LogP contribution in [0.1, 0.15) is 24.2 Å². The second kappa shape index (κ2) is 6.45. The van der Waals surface area contributed by atoms with Crippen LogP contribution in [0.25, 0.3) is 10.9 Å². The molecule has 124 valence electrons. The van der Waals surface area contributed by atoms with E-state index in [0.29, 0.717) is 22.6 Å². The molecule has 2 N–H and O–H groups in total. The van der Waals surface area contributed by atoms with E-state index in [1.165, 1.54) is 15.9 Å². The molecule has 0 atom stereocenters. The number of anilines is 1. The highest BCUT2D eigenvalue weighted by Gasteiger charge is 2.23. The first-order valence-electron chi connectivity index (χ1n) is 7.54. The number of aromatic nitrogens is 2. The number of benzene rings is 1. The second-order valence-electron chi connectivity index (χ2n) is 5.84. The number of hydrogen-bond donors (Lipinski definition) is 2. The van der Waals surface area contributed by atoms with E-state index in [2.05, 4.69) is 10.3 Å². The largest absolute Gasteiger partial charge is 0.506 e. The van der Waals surface area contributed by atoms with Crippen molar-refractivity contribution in [2.24, 2.45) is 5.92 Å². The van der Waals surface area contributed by atoms with Gasteiger partial charge in [0.1, 0.15) is 11.3 Å². The molecule has 3 aromatic rings. The van der Waals surface area contributed by atoms with Gasteiger partial charge in [-0.1, -0.05) is 26.0 Å². The lowest BCUT2D eigenvalue weighted by molar-refractivity contribution is 0.102. The summed E-state index contributed by atoms with van der Waals surface area (Å²) in [4.78, 5) is 29.3. The van der Waals surface area contributed by atoms with E-state index in [1.54, 1.807) is 35.8 Å². The molecule has 24 heavy (non-hydrogen) atoms. The summed E-state index contributed by atoms with van der Waals surface area (Å²) in [6.45, 7) is 4.43. The minimum Gasteiger partial charge on any atom is -0.506 e. The number of para-hydroxylation sites is 1. The summed E-state index contributed by atoms with van der Waals surface area (Å²) in [6.07, 6.45) is 1.55. The third-order valence-electron chi connectivity index (χ3n) is 3.57. The van der Waals surface area contributed by atoms with E-state index in [1.807, 2.05) is 13.8 Å². The lowest BCUT2D eigenvalue weighted by atomic mass is 10.1. The van der Waals surface area contributed by atoms with Gasteiger partial charge in [-0.3, -0.25) is 14.9 Å². The summed E-state index contributed by atoms with van der Waals surface area (Å²) >= 11 is 1.24. The molecule has 6 nitrogen and oxygen atoms in total. The summed E-state index contributed by atoms with van der Waals surface area (Å²) in [5.74, 6) is -0.745. The van der Waals surface area contributed by atoms with Crippen molar-refractivity contribution in [3.63, 3.8) is 0 Å². The summed E-state index contributed by atoms with van der Waals surface area (Å²) in [7, 11) is 0. The maximum atomic E-state index is 12.8. The van der Waals surface area contributed by atoms with Crippen LogP contribution in [0, 0.1) is 5.92 Å². The summed E-state index contributed by atoms with van der Waals surface area (Å²) < 4.78 is 1.54. The van der Waals surface area contributed by atoms with Crippen LogP contribution >= 0.6 is 11.3 Å². The van der Waals surface area contributed by atoms with Gasteiger partial charge >= 0.3 is 0 Å². The molecule has 2 heterocycles. The number of hydrogen-bond acceptors (Lipinski definition) is 5. The topological polar surface area (TPSA) is 84.2 Å². The van der Waals surface area contributed by atoms with Crippen LogP contribution in [-0.4, -0.2) is 20.6 Å². The quantitative estimate of drug-likeness (QED) is 0.762. The average molecular weight is 343 g/mol. The second-order valence-corrected chi connectivity index (χ2v) is 6.74. The summed E-state index contributed by atoms with van der Waals surface area (Å²) in [6, 6.07) is 7.02. The molecule has 3 rings (SSSR count). The Kier molecular flexibility index (Phi) is 4.35. The molecule has 0 spiro atoms. The Bertz CT molecular complexity index is 946. The third kappa shape index (κ3) is 2.90. The van der Waals surface area contributed by atoms with Gasteiger partial charge in [0, 0.05) is 23.5 Å². The highest BCUT2D eigenvalue weighted by atomic mass is 32.1. The molecule has 1 aromatic carbocycles. The summed E-state index contributed by atoms with van der Waals surface area (Å²) in [5, 5.41) is 15.6. The van der Waals surface area contributed by atoms with Gasteiger partial charge in [-0.2, -0.15) is 0 Å². The maximum Gasteiger partial charge on any atom is 0.267 e. The summed E-state index contributed by atoms with van der Waals surface area (Å²) in [5.41, 5.74) is -0.155. The Morgan fingerprint density at radius 1 is 1.38 bits per heavy atom. The molecule has 0 unspecified atom stereocenters. The van der Waals surface area contributed by atoms with E-state index >= 15 is 0 Å². The highest BCUT2D eigenvalue weighted by molar-refractivity contribution is 7.13. The minimum atomic E-state index is -0.657. The van der Waals surface area contributed by atoms with Gasteiger partial charge in [-0.05, 0) is 18.1 Å². The van der Waals surface area contributed by atoms with Gasteiger partial charge in [0.25, 0.3) is 11.5 Å². The molecule has 0 aliphatic rings. The predicted molar refractivity (Wildman–Crippen MR) is 94.8 cm³/mol. The number of nitrogens with one attached hydrogen (secondary N) is 1. The fourth-order valence-corrected chi connectivity index (χ4v) is 3.11. The smallest absolute Gasteiger partial charge is 0.267 e. The van der Waals surface area contributed by atoms with Gasteiger partial charge in [0.05, 0.1) is 5.52 Å². The lowest BCUT2D eigenvalue weighted by Gasteiger charge is -2.16. The van der Waals surface area contributed by atoms with Crippen molar-refractivity contribution >= 4 is 33.3 Å². The zero-order valence-corrected chi connectivity index (χ0v) is 14.1. The van der Waals surface area contributed by atoms with Crippen LogP contribution in [0.15, 0.2) is 40.6 Å². The Labute approximate surface area is 142 Å². The molecule has 0 aliphatic heterocycles. The normalized spacial score (nSPS) is 11.1. The molecule has 0 saturated carbocycles. The zero-order valence-electron chi connectivity index (χ0n) is 13.3. The number of fused-ring (bicyclic) bond motifs is 1. The van der Waals surface area contributed by atoms with Gasteiger partial charge in [0.2, 0.25) is 0 Å². The van der Waals surface area contributed by atoms with Gasteiger partial charge < -0.3 is 9.67 Å². The van der Waals surface area contributed by atoms with E-state index < -0.39 is 11.5 Å². The van der Waals surface area contributed by atoms with Crippen LogP contribution in [0.3, 0.4) is 0 Å². The maximum absolute atomic E-state index is 12.8. The van der Waals surface area contributed by atoms with Crippen LogP contribution in [0.2, 0.25) is 0 Å². The van der Waals surface area contributed by atoms with Gasteiger partial charge in [0.15, 0.2) is 5.13 Å². The fraction of sp³-hybridized carbons (Fsp3) is 0.235. The Morgan fingerprint density at radius 3 is 2.79 bits per heavy atom. The van der Waals surface area contributed by atoms with Crippen molar-refractivity contribution in [3.8, 4) is 5.75 Å². The van der Waals surface area contributed by atoms with E-state index in [4.69, 9.17) is 0 Å². The SMILES string of the molecule is CC(C)Cn1c(=O)c(C(=O)Nc2nccs2)c(O)c2ccccc21. The molecular weight excluding hydrogens is 326 g/mol. The molecule has 0 radical (unpaired) electrons. The number of carbonyl (C=O) groups excluding carboxylic acids is 1. The van der Waals surface area contributed by atoms with E-state index in [-0.39, 0.29) is 17.2 Å². The third-order valence-corrected chi connectivity index (χ3v) is 4.26. The lowest BCUT2D eigenvalue weighted by Crippen LogP contribution is -2.31. The van der Waals surface area contributed by atoms with Crippen molar-refractivity contribution in [1.29, 1.82) is 0 Å². The molecule has 0 fully saturated rings. The van der Waals surface area contributed by atoms with Gasteiger partial charge in [-0.25, -0.2) is 4.98 Å². The predicted octanol–water partition coefficient (Wildman–Crippen LogP) is 3.07. The van der Waals surface area contributed by atoms with Crippen molar-refractivity contribution in [3.05, 3.63) is 51.8 Å². The first kappa shape index (κ1) is 16.2.